The van der Waals surface area contributed by atoms with E-state index in [9.17, 15) is 22.3 Å². The monoisotopic (exact) mass is 439 g/mol. The summed E-state index contributed by atoms with van der Waals surface area (Å²) in [6.45, 7) is 0.528. The van der Waals surface area contributed by atoms with Crippen LogP contribution in [0.1, 0.15) is 18.5 Å². The number of aliphatic hydroxyl groups is 1. The molecule has 1 saturated heterocycles. The fourth-order valence-electron chi connectivity index (χ4n) is 3.30. The van der Waals surface area contributed by atoms with Gasteiger partial charge < -0.3 is 10.0 Å². The molecule has 0 aromatic carbocycles. The number of rotatable bonds is 6. The standard InChI is InChI=1S/C17H19F2N7O3S/c1-30(28,29)23-8-17(27)4-5-25(9-17)15-6-12(21-10-22-15)13-7-20-14-3-2-11(16(18)19)24-26(13)14/h2-3,6-7,10,16,23,27H,4-5,8-9H2,1H3. The summed E-state index contributed by atoms with van der Waals surface area (Å²) < 4.78 is 52.3. The van der Waals surface area contributed by atoms with E-state index in [0.717, 1.165) is 6.26 Å². The molecule has 30 heavy (non-hydrogen) atoms. The number of fused-ring (bicyclic) bond motifs is 1. The van der Waals surface area contributed by atoms with E-state index in [4.69, 9.17) is 0 Å². The molecule has 3 aromatic rings. The first-order valence-electron chi connectivity index (χ1n) is 9.01. The number of halogens is 2. The second-order valence-corrected chi connectivity index (χ2v) is 9.06. The number of hydrogen-bond acceptors (Lipinski definition) is 8. The zero-order valence-corrected chi connectivity index (χ0v) is 16.7. The van der Waals surface area contributed by atoms with E-state index in [1.165, 1.54) is 29.2 Å². The zero-order chi connectivity index (χ0) is 21.5. The Bertz CT molecular complexity index is 1190. The minimum atomic E-state index is -3.42. The number of β-amino-alcohol motifs (C(OH)–C–C–N with tert-alkyl or cyclic N) is 1. The highest BCUT2D eigenvalue weighted by Gasteiger charge is 2.37. The lowest BCUT2D eigenvalue weighted by atomic mass is 10.0. The first-order valence-corrected chi connectivity index (χ1v) is 10.9. The van der Waals surface area contributed by atoms with Crippen LogP contribution in [0.4, 0.5) is 14.6 Å². The molecule has 0 bridgehead atoms. The second-order valence-electron chi connectivity index (χ2n) is 7.22. The lowest BCUT2D eigenvalue weighted by Gasteiger charge is -2.23. The lowest BCUT2D eigenvalue weighted by Crippen LogP contribution is -2.44. The third-order valence-corrected chi connectivity index (χ3v) is 5.51. The highest BCUT2D eigenvalue weighted by molar-refractivity contribution is 7.88. The molecule has 4 heterocycles. The number of nitrogens with one attached hydrogen (secondary N) is 1. The smallest absolute Gasteiger partial charge is 0.282 e. The molecule has 1 atom stereocenters. The van der Waals surface area contributed by atoms with Gasteiger partial charge in [0.25, 0.3) is 6.43 Å². The van der Waals surface area contributed by atoms with Crippen LogP contribution in [0.25, 0.3) is 17.0 Å². The van der Waals surface area contributed by atoms with E-state index >= 15 is 0 Å². The number of hydrogen-bond donors (Lipinski definition) is 2. The van der Waals surface area contributed by atoms with Crippen LogP contribution < -0.4 is 9.62 Å². The van der Waals surface area contributed by atoms with Crippen LogP contribution >= 0.6 is 0 Å². The molecule has 2 N–H and O–H groups in total. The van der Waals surface area contributed by atoms with E-state index in [1.807, 2.05) is 0 Å². The van der Waals surface area contributed by atoms with E-state index < -0.39 is 22.0 Å². The maximum absolute atomic E-state index is 13.0. The molecule has 3 aromatic heterocycles. The quantitative estimate of drug-likeness (QED) is 0.572. The first kappa shape index (κ1) is 20.5. The Balaban J connectivity index is 1.60. The van der Waals surface area contributed by atoms with E-state index in [-0.39, 0.29) is 18.8 Å². The van der Waals surface area contributed by atoms with Crippen molar-refractivity contribution in [3.05, 3.63) is 36.4 Å². The SMILES string of the molecule is CS(=O)(=O)NCC1(O)CCN(c2cc(-c3cnc4ccc(C(F)F)nn34)ncn2)C1. The highest BCUT2D eigenvalue weighted by Crippen LogP contribution is 2.28. The van der Waals surface area contributed by atoms with Crippen LogP contribution in [0.2, 0.25) is 0 Å². The Morgan fingerprint density at radius 2 is 2.10 bits per heavy atom. The summed E-state index contributed by atoms with van der Waals surface area (Å²) in [5.74, 6) is 0.509. The predicted molar refractivity (Wildman–Crippen MR) is 104 cm³/mol. The van der Waals surface area contributed by atoms with Gasteiger partial charge in [-0.2, -0.15) is 5.10 Å². The molecule has 0 spiro atoms. The summed E-state index contributed by atoms with van der Waals surface area (Å²) in [7, 11) is -3.42. The maximum Gasteiger partial charge on any atom is 0.282 e. The van der Waals surface area contributed by atoms with Gasteiger partial charge in [-0.15, -0.1) is 0 Å². The van der Waals surface area contributed by atoms with Gasteiger partial charge in [0.05, 0.1) is 23.7 Å². The van der Waals surface area contributed by atoms with Crippen LogP contribution in [0.5, 0.6) is 0 Å². The number of alkyl halides is 2. The van der Waals surface area contributed by atoms with Crippen molar-refractivity contribution in [3.63, 3.8) is 0 Å². The molecule has 1 aliphatic rings. The van der Waals surface area contributed by atoms with E-state index in [2.05, 4.69) is 24.8 Å². The van der Waals surface area contributed by atoms with Crippen molar-refractivity contribution >= 4 is 21.5 Å². The third-order valence-electron chi connectivity index (χ3n) is 4.84. The minimum absolute atomic E-state index is 0.103. The largest absolute Gasteiger partial charge is 0.387 e. The molecule has 10 nitrogen and oxygen atoms in total. The average molecular weight is 439 g/mol. The lowest BCUT2D eigenvalue weighted by molar-refractivity contribution is 0.0686. The maximum atomic E-state index is 13.0. The van der Waals surface area contributed by atoms with Crippen LogP contribution in [-0.2, 0) is 10.0 Å². The van der Waals surface area contributed by atoms with Gasteiger partial charge in [0.2, 0.25) is 10.0 Å². The topological polar surface area (TPSA) is 126 Å². The first-order chi connectivity index (χ1) is 14.1. The molecular weight excluding hydrogens is 420 g/mol. The molecule has 0 aliphatic carbocycles. The summed E-state index contributed by atoms with van der Waals surface area (Å²) in [5.41, 5.74) is -0.359. The van der Waals surface area contributed by atoms with Crippen LogP contribution in [0.15, 0.2) is 30.7 Å². The van der Waals surface area contributed by atoms with Crippen molar-refractivity contribution in [3.8, 4) is 11.4 Å². The Labute approximate surface area is 170 Å². The van der Waals surface area contributed by atoms with Crippen molar-refractivity contribution in [2.45, 2.75) is 18.4 Å². The number of aromatic nitrogens is 5. The number of nitrogens with zero attached hydrogens (tertiary/aromatic N) is 6. The van der Waals surface area contributed by atoms with Gasteiger partial charge in [-0.05, 0) is 18.6 Å². The number of sulfonamides is 1. The fraction of sp³-hybridized carbons (Fsp3) is 0.412. The molecule has 1 fully saturated rings. The van der Waals surface area contributed by atoms with Gasteiger partial charge in [-0.1, -0.05) is 0 Å². The average Bonchev–Trinajstić information content (AvgIpc) is 3.30. The molecule has 0 radical (unpaired) electrons. The van der Waals surface area contributed by atoms with E-state index in [0.29, 0.717) is 35.8 Å². The molecule has 4 rings (SSSR count). The summed E-state index contributed by atoms with van der Waals surface area (Å²) >= 11 is 0. The van der Waals surface area contributed by atoms with Gasteiger partial charge in [-0.3, -0.25) is 0 Å². The van der Waals surface area contributed by atoms with Crippen molar-refractivity contribution in [1.29, 1.82) is 0 Å². The Hall–Kier alpha value is -2.77. The van der Waals surface area contributed by atoms with Crippen LogP contribution in [-0.4, -0.2) is 69.6 Å². The van der Waals surface area contributed by atoms with Crippen molar-refractivity contribution in [1.82, 2.24) is 29.3 Å². The summed E-state index contributed by atoms with van der Waals surface area (Å²) in [4.78, 5) is 14.4. The van der Waals surface area contributed by atoms with Gasteiger partial charge in [0.15, 0.2) is 5.65 Å². The van der Waals surface area contributed by atoms with E-state index in [1.54, 1.807) is 11.0 Å². The molecule has 160 valence electrons. The van der Waals surface area contributed by atoms with Crippen molar-refractivity contribution in [2.75, 3.05) is 30.8 Å². The minimum Gasteiger partial charge on any atom is -0.387 e. The number of imidazole rings is 1. The fourth-order valence-corrected chi connectivity index (χ4v) is 3.83. The number of anilines is 1. The Morgan fingerprint density at radius 3 is 2.83 bits per heavy atom. The Morgan fingerprint density at radius 1 is 1.30 bits per heavy atom. The molecule has 1 aliphatic heterocycles. The summed E-state index contributed by atoms with van der Waals surface area (Å²) in [6, 6.07) is 4.32. The molecule has 0 saturated carbocycles. The van der Waals surface area contributed by atoms with Crippen LogP contribution in [0.3, 0.4) is 0 Å². The van der Waals surface area contributed by atoms with Crippen molar-refractivity contribution in [2.24, 2.45) is 0 Å². The molecule has 0 amide bonds. The normalized spacial score (nSPS) is 19.8. The summed E-state index contributed by atoms with van der Waals surface area (Å²) in [5, 5.41) is 14.6. The molecule has 13 heteroatoms. The van der Waals surface area contributed by atoms with Gasteiger partial charge >= 0.3 is 0 Å². The highest BCUT2D eigenvalue weighted by atomic mass is 32.2. The molecule has 1 unspecified atom stereocenters. The predicted octanol–water partition coefficient (Wildman–Crippen LogP) is 0.614. The van der Waals surface area contributed by atoms with Gasteiger partial charge in [0, 0.05) is 25.7 Å². The zero-order valence-electron chi connectivity index (χ0n) is 15.9. The third kappa shape index (κ3) is 4.22. The Kier molecular flexibility index (Phi) is 5.11. The van der Waals surface area contributed by atoms with Gasteiger partial charge in [-0.25, -0.2) is 41.4 Å². The van der Waals surface area contributed by atoms with Gasteiger partial charge in [0.1, 0.15) is 23.5 Å². The summed E-state index contributed by atoms with van der Waals surface area (Å²) in [6.07, 6.45) is 1.48. The second kappa shape index (κ2) is 7.49. The van der Waals surface area contributed by atoms with Crippen molar-refractivity contribution < 1.29 is 22.3 Å². The van der Waals surface area contributed by atoms with Crippen LogP contribution in [0, 0.1) is 0 Å². The molecular formula is C17H19F2N7O3S.